The second-order valence-corrected chi connectivity index (χ2v) is 14.0. The van der Waals surface area contributed by atoms with E-state index < -0.39 is 34.3 Å². The Bertz CT molecular complexity index is 1850. The topological polar surface area (TPSA) is 105 Å². The Kier molecular flexibility index (Phi) is 11.6. The molecule has 49 heavy (non-hydrogen) atoms. The molecule has 258 valence electrons. The van der Waals surface area contributed by atoms with Gasteiger partial charge >= 0.3 is 0 Å². The van der Waals surface area contributed by atoms with Gasteiger partial charge < -0.3 is 19.7 Å². The molecule has 1 aliphatic carbocycles. The Hall–Kier alpha value is -4.90. The molecule has 0 aliphatic heterocycles. The summed E-state index contributed by atoms with van der Waals surface area (Å²) in [5.41, 5.74) is 2.14. The molecule has 5 rings (SSSR count). The number of sulfonamides is 1. The zero-order valence-electron chi connectivity index (χ0n) is 28.0. The van der Waals surface area contributed by atoms with Crippen LogP contribution in [0.3, 0.4) is 0 Å². The second kappa shape index (κ2) is 16.0. The number of methoxy groups -OCH3 is 2. The van der Waals surface area contributed by atoms with Crippen LogP contribution in [-0.4, -0.2) is 58.0 Å². The Morgan fingerprint density at radius 3 is 2.18 bits per heavy atom. The first-order chi connectivity index (χ1) is 23.6. The third-order valence-corrected chi connectivity index (χ3v) is 10.6. The molecule has 1 saturated carbocycles. The van der Waals surface area contributed by atoms with E-state index >= 15 is 4.39 Å². The van der Waals surface area contributed by atoms with E-state index in [1.54, 1.807) is 42.5 Å². The first-order valence-electron chi connectivity index (χ1n) is 16.3. The van der Waals surface area contributed by atoms with E-state index in [1.807, 2.05) is 37.3 Å². The Labute approximate surface area is 287 Å². The summed E-state index contributed by atoms with van der Waals surface area (Å²) in [6, 6.07) is 25.2. The van der Waals surface area contributed by atoms with Crippen LogP contribution in [0, 0.1) is 12.7 Å². The van der Waals surface area contributed by atoms with Crippen molar-refractivity contribution in [3.05, 3.63) is 120 Å². The van der Waals surface area contributed by atoms with E-state index in [2.05, 4.69) is 5.32 Å². The van der Waals surface area contributed by atoms with Gasteiger partial charge in [-0.2, -0.15) is 0 Å². The van der Waals surface area contributed by atoms with Gasteiger partial charge in [-0.25, -0.2) is 12.8 Å². The Morgan fingerprint density at radius 1 is 0.878 bits per heavy atom. The molecule has 0 bridgehead atoms. The van der Waals surface area contributed by atoms with Crippen molar-refractivity contribution in [1.82, 2.24) is 10.2 Å². The van der Waals surface area contributed by atoms with Crippen LogP contribution in [0.25, 0.3) is 0 Å². The molecule has 0 radical (unpaired) electrons. The number of anilines is 1. The number of hydrogen-bond donors (Lipinski definition) is 1. The van der Waals surface area contributed by atoms with Crippen molar-refractivity contribution in [3.8, 4) is 11.5 Å². The fourth-order valence-electron chi connectivity index (χ4n) is 6.08. The van der Waals surface area contributed by atoms with Gasteiger partial charge in [0.15, 0.2) is 11.5 Å². The molecule has 1 fully saturated rings. The van der Waals surface area contributed by atoms with Crippen molar-refractivity contribution in [1.29, 1.82) is 0 Å². The lowest BCUT2D eigenvalue weighted by Gasteiger charge is -2.34. The van der Waals surface area contributed by atoms with Crippen molar-refractivity contribution >= 4 is 27.5 Å². The number of amides is 2. The van der Waals surface area contributed by atoms with Crippen LogP contribution in [-0.2, 0) is 32.6 Å². The second-order valence-electron chi connectivity index (χ2n) is 12.2. The Balaban J connectivity index is 1.59. The molecular formula is C38H42FN3O6S. The summed E-state index contributed by atoms with van der Waals surface area (Å²) >= 11 is 0. The van der Waals surface area contributed by atoms with Crippen LogP contribution < -0.4 is 19.1 Å². The molecule has 4 aromatic rings. The van der Waals surface area contributed by atoms with Gasteiger partial charge in [-0.05, 0) is 55.7 Å². The maximum absolute atomic E-state index is 15.2. The molecule has 11 heteroatoms. The smallest absolute Gasteiger partial charge is 0.264 e. The molecule has 1 aliphatic rings. The lowest BCUT2D eigenvalue weighted by atomic mass is 10.0. The molecule has 0 spiro atoms. The standard InChI is InChI=1S/C38H42FN3O6S/c1-27-17-19-31(20-18-27)42(49(45,46)32-21-22-35(47-2)36(24-32)48-3)26-37(43)41(25-29-13-7-10-16-33(29)39)34(23-28-11-5-4-6-12-28)38(44)40-30-14-8-9-15-30/h4-7,10-13,16-22,24,30,34H,8-9,14-15,23,25-26H2,1-3H3,(H,40,44)/t34-/m0/s1. The van der Waals surface area contributed by atoms with Gasteiger partial charge in [0, 0.05) is 30.6 Å². The molecule has 9 nitrogen and oxygen atoms in total. The SMILES string of the molecule is COc1ccc(S(=O)(=O)N(CC(=O)N(Cc2ccccc2F)[C@@H](Cc2ccccc2)C(=O)NC2CCCC2)c2ccc(C)cc2)cc1OC. The number of nitrogens with one attached hydrogen (secondary N) is 1. The molecular weight excluding hydrogens is 645 g/mol. The number of halogens is 1. The van der Waals surface area contributed by atoms with Gasteiger partial charge in [-0.1, -0.05) is 79.1 Å². The number of rotatable bonds is 14. The van der Waals surface area contributed by atoms with Crippen LogP contribution in [0.15, 0.2) is 102 Å². The zero-order chi connectivity index (χ0) is 35.0. The van der Waals surface area contributed by atoms with Crippen LogP contribution in [0.1, 0.15) is 42.4 Å². The van der Waals surface area contributed by atoms with Crippen molar-refractivity contribution < 1.29 is 31.9 Å². The van der Waals surface area contributed by atoms with E-state index in [1.165, 1.54) is 43.4 Å². The molecule has 0 unspecified atom stereocenters. The minimum absolute atomic E-state index is 0.0364. The fraction of sp³-hybridized carbons (Fsp3) is 0.316. The van der Waals surface area contributed by atoms with Gasteiger partial charge in [0.25, 0.3) is 10.0 Å². The third-order valence-electron chi connectivity index (χ3n) is 8.81. The van der Waals surface area contributed by atoms with Crippen LogP contribution in [0.5, 0.6) is 11.5 Å². The van der Waals surface area contributed by atoms with Crippen LogP contribution >= 0.6 is 0 Å². The zero-order valence-corrected chi connectivity index (χ0v) is 28.8. The monoisotopic (exact) mass is 687 g/mol. The maximum Gasteiger partial charge on any atom is 0.264 e. The van der Waals surface area contributed by atoms with E-state index in [9.17, 15) is 18.0 Å². The number of carbonyl (C=O) groups is 2. The van der Waals surface area contributed by atoms with Gasteiger partial charge in [-0.15, -0.1) is 0 Å². The summed E-state index contributed by atoms with van der Waals surface area (Å²) in [6.07, 6.45) is 3.79. The predicted octanol–water partition coefficient (Wildman–Crippen LogP) is 6.05. The number of ether oxygens (including phenoxy) is 2. The number of aryl methyl sites for hydroxylation is 1. The molecule has 2 amide bonds. The molecule has 4 aromatic carbocycles. The number of carbonyl (C=O) groups excluding carboxylic acids is 2. The van der Waals surface area contributed by atoms with E-state index in [4.69, 9.17) is 9.47 Å². The van der Waals surface area contributed by atoms with Gasteiger partial charge in [-0.3, -0.25) is 13.9 Å². The van der Waals surface area contributed by atoms with Crippen molar-refractivity contribution in [2.24, 2.45) is 0 Å². The third kappa shape index (κ3) is 8.58. The van der Waals surface area contributed by atoms with E-state index in [-0.39, 0.29) is 46.8 Å². The maximum atomic E-state index is 15.2. The summed E-state index contributed by atoms with van der Waals surface area (Å²) in [5.74, 6) is -1.04. The largest absolute Gasteiger partial charge is 0.493 e. The quantitative estimate of drug-likeness (QED) is 0.173. The highest BCUT2D eigenvalue weighted by atomic mass is 32.2. The van der Waals surface area contributed by atoms with Crippen molar-refractivity contribution in [2.75, 3.05) is 25.1 Å². The van der Waals surface area contributed by atoms with Crippen LogP contribution in [0.2, 0.25) is 0 Å². The summed E-state index contributed by atoms with van der Waals surface area (Å²) in [5, 5.41) is 3.12. The normalized spacial score (nSPS) is 13.8. The average Bonchev–Trinajstić information content (AvgIpc) is 3.63. The minimum atomic E-state index is -4.38. The highest BCUT2D eigenvalue weighted by Gasteiger charge is 2.36. The number of nitrogens with zero attached hydrogens (tertiary/aromatic N) is 2. The summed E-state index contributed by atoms with van der Waals surface area (Å²) in [6.45, 7) is 0.963. The number of benzene rings is 4. The predicted molar refractivity (Wildman–Crippen MR) is 187 cm³/mol. The van der Waals surface area contributed by atoms with Crippen LogP contribution in [0.4, 0.5) is 10.1 Å². The van der Waals surface area contributed by atoms with Crippen molar-refractivity contribution in [2.45, 2.75) is 62.6 Å². The lowest BCUT2D eigenvalue weighted by Crippen LogP contribution is -2.54. The molecule has 0 aromatic heterocycles. The average molecular weight is 688 g/mol. The van der Waals surface area contributed by atoms with Gasteiger partial charge in [0.05, 0.1) is 24.8 Å². The Morgan fingerprint density at radius 2 is 1.53 bits per heavy atom. The lowest BCUT2D eigenvalue weighted by molar-refractivity contribution is -0.140. The molecule has 0 saturated heterocycles. The summed E-state index contributed by atoms with van der Waals surface area (Å²) in [7, 11) is -1.53. The minimum Gasteiger partial charge on any atom is -0.493 e. The first kappa shape index (κ1) is 35.4. The summed E-state index contributed by atoms with van der Waals surface area (Å²) < 4.78 is 55.7. The van der Waals surface area contributed by atoms with E-state index in [0.717, 1.165) is 41.1 Å². The highest BCUT2D eigenvalue weighted by molar-refractivity contribution is 7.92. The fourth-order valence-corrected chi connectivity index (χ4v) is 7.51. The van der Waals surface area contributed by atoms with Gasteiger partial charge in [0.2, 0.25) is 11.8 Å². The molecule has 1 atom stereocenters. The summed E-state index contributed by atoms with van der Waals surface area (Å²) in [4.78, 5) is 29.9. The highest BCUT2D eigenvalue weighted by Crippen LogP contribution is 2.33. The molecule has 0 heterocycles. The van der Waals surface area contributed by atoms with Gasteiger partial charge in [0.1, 0.15) is 18.4 Å². The van der Waals surface area contributed by atoms with E-state index in [0.29, 0.717) is 5.75 Å². The first-order valence-corrected chi connectivity index (χ1v) is 17.7. The molecule has 1 N–H and O–H groups in total. The van der Waals surface area contributed by atoms with Crippen molar-refractivity contribution in [3.63, 3.8) is 0 Å². The number of hydrogen-bond acceptors (Lipinski definition) is 6.